The number of aromatic nitrogens is 4. The van der Waals surface area contributed by atoms with Crippen molar-refractivity contribution in [2.24, 2.45) is 0 Å². The van der Waals surface area contributed by atoms with E-state index in [4.69, 9.17) is 4.74 Å². The number of nitrogens with zero attached hydrogens (tertiary/aromatic N) is 3. The summed E-state index contributed by atoms with van der Waals surface area (Å²) in [6.07, 6.45) is 1.64. The summed E-state index contributed by atoms with van der Waals surface area (Å²) in [7, 11) is 0. The zero-order chi connectivity index (χ0) is 10.7. The molecule has 0 aliphatic heterocycles. The van der Waals surface area contributed by atoms with Crippen molar-refractivity contribution in [3.8, 4) is 10.6 Å². The van der Waals surface area contributed by atoms with Gasteiger partial charge in [0.05, 0.1) is 11.5 Å². The Bertz CT molecular complexity index is 451. The van der Waals surface area contributed by atoms with Crippen molar-refractivity contribution in [2.45, 2.75) is 6.92 Å². The van der Waals surface area contributed by atoms with Gasteiger partial charge in [0.25, 0.3) is 0 Å². The summed E-state index contributed by atoms with van der Waals surface area (Å²) in [5, 5.41) is 10.1. The number of ether oxygens (including phenoxy) is 1. The summed E-state index contributed by atoms with van der Waals surface area (Å²) in [5.41, 5.74) is 0.678. The molecular formula is C8H8N4O2S. The highest BCUT2D eigenvalue weighted by molar-refractivity contribution is 7.09. The molecule has 15 heavy (non-hydrogen) atoms. The maximum absolute atomic E-state index is 11.5. The molecule has 2 aromatic rings. The molecule has 7 heteroatoms. The van der Waals surface area contributed by atoms with Gasteiger partial charge >= 0.3 is 5.97 Å². The van der Waals surface area contributed by atoms with Crippen LogP contribution in [0.25, 0.3) is 10.6 Å². The van der Waals surface area contributed by atoms with Crippen LogP contribution in [0.15, 0.2) is 12.3 Å². The number of H-pyrrole nitrogens is 1. The van der Waals surface area contributed by atoms with Gasteiger partial charge < -0.3 is 4.74 Å². The highest BCUT2D eigenvalue weighted by Crippen LogP contribution is 2.22. The first-order valence-corrected chi connectivity index (χ1v) is 5.09. The molecule has 0 atom stereocenters. The van der Waals surface area contributed by atoms with Crippen LogP contribution in [0.1, 0.15) is 17.4 Å². The maximum Gasteiger partial charge on any atom is 0.361 e. The predicted molar refractivity (Wildman–Crippen MR) is 53.4 cm³/mol. The first-order chi connectivity index (χ1) is 7.33. The smallest absolute Gasteiger partial charge is 0.361 e. The van der Waals surface area contributed by atoms with E-state index in [0.717, 1.165) is 4.88 Å². The van der Waals surface area contributed by atoms with Crippen molar-refractivity contribution >= 4 is 17.5 Å². The van der Waals surface area contributed by atoms with Gasteiger partial charge in [-0.05, 0) is 24.5 Å². The van der Waals surface area contributed by atoms with Crippen LogP contribution in [0.4, 0.5) is 0 Å². The Morgan fingerprint density at radius 2 is 2.47 bits per heavy atom. The van der Waals surface area contributed by atoms with Gasteiger partial charge in [0.2, 0.25) is 0 Å². The predicted octanol–water partition coefficient (Wildman–Crippen LogP) is 1.10. The lowest BCUT2D eigenvalue weighted by atomic mass is 10.3. The van der Waals surface area contributed by atoms with Gasteiger partial charge in [-0.2, -0.15) is 10.3 Å². The number of carbonyl (C=O) groups excluding carboxylic acids is 1. The van der Waals surface area contributed by atoms with E-state index < -0.39 is 5.97 Å². The molecule has 0 radical (unpaired) electrons. The van der Waals surface area contributed by atoms with Gasteiger partial charge in [-0.25, -0.2) is 9.17 Å². The van der Waals surface area contributed by atoms with Crippen LogP contribution in [0.5, 0.6) is 0 Å². The minimum Gasteiger partial charge on any atom is -0.461 e. The fraction of sp³-hybridized carbons (Fsp3) is 0.250. The normalized spacial score (nSPS) is 10.2. The zero-order valence-electron chi connectivity index (χ0n) is 7.93. The van der Waals surface area contributed by atoms with Gasteiger partial charge in [0.1, 0.15) is 5.69 Å². The van der Waals surface area contributed by atoms with E-state index in [9.17, 15) is 4.79 Å². The molecule has 0 fully saturated rings. The second-order valence-electron chi connectivity index (χ2n) is 2.62. The Morgan fingerprint density at radius 1 is 1.60 bits per heavy atom. The van der Waals surface area contributed by atoms with Gasteiger partial charge in [0, 0.05) is 6.20 Å². The number of nitrogens with one attached hydrogen (secondary N) is 1. The molecule has 1 N–H and O–H groups in total. The fourth-order valence-electron chi connectivity index (χ4n) is 1.08. The minimum atomic E-state index is -0.477. The van der Waals surface area contributed by atoms with Crippen molar-refractivity contribution in [3.05, 3.63) is 18.0 Å². The van der Waals surface area contributed by atoms with E-state index in [1.807, 2.05) is 0 Å². The number of hydrogen-bond acceptors (Lipinski definition) is 6. The Labute approximate surface area is 89.4 Å². The van der Waals surface area contributed by atoms with Crippen LogP contribution >= 0.6 is 11.5 Å². The second kappa shape index (κ2) is 4.18. The van der Waals surface area contributed by atoms with Crippen molar-refractivity contribution in [3.63, 3.8) is 0 Å². The van der Waals surface area contributed by atoms with Crippen LogP contribution < -0.4 is 0 Å². The summed E-state index contributed by atoms with van der Waals surface area (Å²) in [5.74, 6) is -0.477. The molecule has 0 saturated carbocycles. The van der Waals surface area contributed by atoms with E-state index in [-0.39, 0.29) is 5.69 Å². The molecule has 0 unspecified atom stereocenters. The molecule has 0 bridgehead atoms. The Morgan fingerprint density at radius 3 is 3.13 bits per heavy atom. The number of aromatic amines is 1. The Balaban J connectivity index is 2.34. The third-order valence-electron chi connectivity index (χ3n) is 1.69. The number of carbonyl (C=O) groups is 1. The maximum atomic E-state index is 11.5. The summed E-state index contributed by atoms with van der Waals surface area (Å²) in [6, 6.07) is 1.77. The molecule has 0 saturated heterocycles. The highest BCUT2D eigenvalue weighted by atomic mass is 32.1. The van der Waals surface area contributed by atoms with Crippen LogP contribution in [-0.2, 0) is 4.74 Å². The van der Waals surface area contributed by atoms with Gasteiger partial charge in [0.15, 0.2) is 5.69 Å². The standard InChI is InChI=1S/C8H8N4O2S/c1-2-14-8(13)7-6(10-12-11-7)5-3-4-9-15-5/h3-4H,2H2,1H3,(H,10,11,12). The molecule has 2 aromatic heterocycles. The first kappa shape index (κ1) is 9.78. The number of rotatable bonds is 3. The summed E-state index contributed by atoms with van der Waals surface area (Å²) in [4.78, 5) is 12.2. The van der Waals surface area contributed by atoms with E-state index >= 15 is 0 Å². The van der Waals surface area contributed by atoms with Gasteiger partial charge in [-0.3, -0.25) is 0 Å². The summed E-state index contributed by atoms with van der Waals surface area (Å²) in [6.45, 7) is 2.05. The third kappa shape index (κ3) is 1.86. The van der Waals surface area contributed by atoms with Crippen molar-refractivity contribution in [2.75, 3.05) is 6.61 Å². The van der Waals surface area contributed by atoms with E-state index in [1.54, 1.807) is 19.2 Å². The second-order valence-corrected chi connectivity index (χ2v) is 3.45. The summed E-state index contributed by atoms with van der Waals surface area (Å²) >= 11 is 1.25. The summed E-state index contributed by atoms with van der Waals surface area (Å²) < 4.78 is 8.78. The molecule has 0 aliphatic rings. The highest BCUT2D eigenvalue weighted by Gasteiger charge is 2.19. The largest absolute Gasteiger partial charge is 0.461 e. The first-order valence-electron chi connectivity index (χ1n) is 4.32. The SMILES string of the molecule is CCOC(=O)c1n[nH]nc1-c1ccns1. The lowest BCUT2D eigenvalue weighted by Gasteiger charge is -1.97. The monoisotopic (exact) mass is 224 g/mol. The number of esters is 1. The van der Waals surface area contributed by atoms with Gasteiger partial charge in [-0.1, -0.05) is 0 Å². The van der Waals surface area contributed by atoms with E-state index in [2.05, 4.69) is 19.8 Å². The van der Waals surface area contributed by atoms with Crippen molar-refractivity contribution in [1.29, 1.82) is 0 Å². The zero-order valence-corrected chi connectivity index (χ0v) is 8.74. The number of hydrogen-bond donors (Lipinski definition) is 1. The molecule has 6 nitrogen and oxygen atoms in total. The molecule has 0 amide bonds. The molecule has 0 spiro atoms. The van der Waals surface area contributed by atoms with Crippen LogP contribution in [0.3, 0.4) is 0 Å². The molecule has 0 aromatic carbocycles. The van der Waals surface area contributed by atoms with Crippen LogP contribution in [-0.4, -0.2) is 32.4 Å². The molecule has 0 aliphatic carbocycles. The Hall–Kier alpha value is -1.76. The quantitative estimate of drug-likeness (QED) is 0.790. The van der Waals surface area contributed by atoms with Gasteiger partial charge in [-0.15, -0.1) is 5.10 Å². The lowest BCUT2D eigenvalue weighted by molar-refractivity contribution is 0.0520. The average Bonchev–Trinajstić information content (AvgIpc) is 2.88. The van der Waals surface area contributed by atoms with Crippen LogP contribution in [0.2, 0.25) is 0 Å². The minimum absolute atomic E-state index is 0.195. The third-order valence-corrected chi connectivity index (χ3v) is 2.44. The average molecular weight is 224 g/mol. The molecule has 78 valence electrons. The molecule has 2 heterocycles. The Kier molecular flexibility index (Phi) is 2.72. The van der Waals surface area contributed by atoms with Crippen molar-refractivity contribution < 1.29 is 9.53 Å². The lowest BCUT2D eigenvalue weighted by Crippen LogP contribution is -2.06. The molecular weight excluding hydrogens is 216 g/mol. The topological polar surface area (TPSA) is 80.8 Å². The van der Waals surface area contributed by atoms with Crippen LogP contribution in [0, 0.1) is 0 Å². The van der Waals surface area contributed by atoms with E-state index in [0.29, 0.717) is 12.3 Å². The fourth-order valence-corrected chi connectivity index (χ4v) is 1.67. The van der Waals surface area contributed by atoms with Crippen molar-refractivity contribution in [1.82, 2.24) is 19.8 Å². The molecule has 2 rings (SSSR count). The van der Waals surface area contributed by atoms with E-state index in [1.165, 1.54) is 11.5 Å².